The Morgan fingerprint density at radius 2 is 1.87 bits per heavy atom. The van der Waals surface area contributed by atoms with E-state index in [1.165, 1.54) is 24.8 Å². The second-order valence-corrected chi connectivity index (χ2v) is 6.12. The minimum Gasteiger partial charge on any atom is -0.497 e. The number of ether oxygens (including phenoxy) is 1. The molecule has 1 fully saturated rings. The standard InChI is InChI=1S/C18H29N3O.HI/c1-14(16-6-8-17(22-3)9-7-16)10-12-20-18(19-2)21-13-11-15-4-5-15;/h6-9,14-15H,4-5,10-13H2,1-3H3,(H2,19,20,21);1H. The molecule has 1 aliphatic rings. The van der Waals surface area contributed by atoms with Crippen molar-refractivity contribution in [3.63, 3.8) is 0 Å². The number of methoxy groups -OCH3 is 1. The predicted molar refractivity (Wildman–Crippen MR) is 108 cm³/mol. The van der Waals surface area contributed by atoms with E-state index in [4.69, 9.17) is 4.74 Å². The van der Waals surface area contributed by atoms with Gasteiger partial charge in [-0.3, -0.25) is 4.99 Å². The fourth-order valence-corrected chi connectivity index (χ4v) is 2.53. The van der Waals surface area contributed by atoms with Gasteiger partial charge in [-0.1, -0.05) is 31.9 Å². The van der Waals surface area contributed by atoms with Crippen molar-refractivity contribution in [2.45, 2.75) is 38.5 Å². The van der Waals surface area contributed by atoms with E-state index in [-0.39, 0.29) is 24.0 Å². The van der Waals surface area contributed by atoms with Crippen molar-refractivity contribution in [3.8, 4) is 5.75 Å². The minimum absolute atomic E-state index is 0. The lowest BCUT2D eigenvalue weighted by molar-refractivity contribution is 0.414. The van der Waals surface area contributed by atoms with Crippen molar-refractivity contribution in [3.05, 3.63) is 29.8 Å². The first-order valence-corrected chi connectivity index (χ1v) is 8.31. The lowest BCUT2D eigenvalue weighted by atomic mass is 9.98. The van der Waals surface area contributed by atoms with Crippen LogP contribution in [0.1, 0.15) is 44.1 Å². The molecule has 1 atom stereocenters. The molecule has 23 heavy (non-hydrogen) atoms. The van der Waals surface area contributed by atoms with Gasteiger partial charge in [0, 0.05) is 20.1 Å². The zero-order chi connectivity index (χ0) is 15.8. The van der Waals surface area contributed by atoms with E-state index in [0.717, 1.165) is 37.1 Å². The Labute approximate surface area is 157 Å². The molecule has 2 rings (SSSR count). The van der Waals surface area contributed by atoms with Gasteiger partial charge in [-0.15, -0.1) is 24.0 Å². The van der Waals surface area contributed by atoms with E-state index >= 15 is 0 Å². The van der Waals surface area contributed by atoms with Gasteiger partial charge in [0.2, 0.25) is 0 Å². The van der Waals surface area contributed by atoms with Crippen molar-refractivity contribution in [2.24, 2.45) is 10.9 Å². The summed E-state index contributed by atoms with van der Waals surface area (Å²) < 4.78 is 5.20. The lowest BCUT2D eigenvalue weighted by Gasteiger charge is -2.15. The highest BCUT2D eigenvalue weighted by Gasteiger charge is 2.20. The zero-order valence-electron chi connectivity index (χ0n) is 14.5. The molecule has 5 heteroatoms. The SMILES string of the molecule is CN=C(NCCC1CC1)NCCC(C)c1ccc(OC)cc1.I. The molecule has 0 aromatic heterocycles. The first-order valence-electron chi connectivity index (χ1n) is 8.31. The van der Waals surface area contributed by atoms with Crippen molar-refractivity contribution >= 4 is 29.9 Å². The van der Waals surface area contributed by atoms with Crippen molar-refractivity contribution < 1.29 is 4.74 Å². The Balaban J connectivity index is 0.00000264. The van der Waals surface area contributed by atoms with Crippen LogP contribution in [-0.2, 0) is 0 Å². The third-order valence-electron chi connectivity index (χ3n) is 4.32. The molecule has 1 unspecified atom stereocenters. The van der Waals surface area contributed by atoms with E-state index in [1.54, 1.807) is 7.11 Å². The van der Waals surface area contributed by atoms with Crippen LogP contribution in [-0.4, -0.2) is 33.2 Å². The van der Waals surface area contributed by atoms with Crippen LogP contribution in [0, 0.1) is 5.92 Å². The van der Waals surface area contributed by atoms with Gasteiger partial charge >= 0.3 is 0 Å². The second kappa shape index (κ2) is 10.7. The van der Waals surface area contributed by atoms with Crippen LogP contribution >= 0.6 is 24.0 Å². The van der Waals surface area contributed by atoms with Crippen LogP contribution in [0.4, 0.5) is 0 Å². The molecule has 0 spiro atoms. The van der Waals surface area contributed by atoms with Gasteiger partial charge in [-0.05, 0) is 42.4 Å². The minimum atomic E-state index is 0. The second-order valence-electron chi connectivity index (χ2n) is 6.12. The Bertz CT molecular complexity index is 472. The summed E-state index contributed by atoms with van der Waals surface area (Å²) in [6.45, 7) is 4.21. The maximum Gasteiger partial charge on any atom is 0.190 e. The fraction of sp³-hybridized carbons (Fsp3) is 0.611. The molecule has 0 amide bonds. The smallest absolute Gasteiger partial charge is 0.190 e. The third kappa shape index (κ3) is 7.42. The summed E-state index contributed by atoms with van der Waals surface area (Å²) in [4.78, 5) is 4.28. The molecule has 1 aliphatic carbocycles. The summed E-state index contributed by atoms with van der Waals surface area (Å²) in [5, 5.41) is 6.79. The summed E-state index contributed by atoms with van der Waals surface area (Å²) >= 11 is 0. The normalized spacial score (nSPS) is 15.5. The number of hydrogen-bond acceptors (Lipinski definition) is 2. The quantitative estimate of drug-likeness (QED) is 0.374. The van der Waals surface area contributed by atoms with Gasteiger partial charge < -0.3 is 15.4 Å². The Kier molecular flexibility index (Phi) is 9.36. The molecular formula is C18H30IN3O. The van der Waals surface area contributed by atoms with E-state index in [9.17, 15) is 0 Å². The molecule has 2 N–H and O–H groups in total. The molecule has 0 aliphatic heterocycles. The molecule has 0 radical (unpaired) electrons. The molecular weight excluding hydrogens is 401 g/mol. The number of guanidine groups is 1. The van der Waals surface area contributed by atoms with E-state index in [2.05, 4.69) is 34.7 Å². The summed E-state index contributed by atoms with van der Waals surface area (Å²) in [5.74, 6) is 3.31. The van der Waals surface area contributed by atoms with Crippen molar-refractivity contribution in [1.29, 1.82) is 0 Å². The number of aliphatic imine (C=N–C) groups is 1. The monoisotopic (exact) mass is 431 g/mol. The zero-order valence-corrected chi connectivity index (χ0v) is 16.8. The number of benzene rings is 1. The first-order chi connectivity index (χ1) is 10.7. The van der Waals surface area contributed by atoms with Gasteiger partial charge in [0.05, 0.1) is 7.11 Å². The van der Waals surface area contributed by atoms with Crippen LogP contribution in [0.5, 0.6) is 5.75 Å². The molecule has 1 aromatic rings. The highest BCUT2D eigenvalue weighted by atomic mass is 127. The van der Waals surface area contributed by atoms with E-state index in [1.807, 2.05) is 19.2 Å². The van der Waals surface area contributed by atoms with Crippen LogP contribution in [0.25, 0.3) is 0 Å². The lowest BCUT2D eigenvalue weighted by Crippen LogP contribution is -2.38. The number of rotatable bonds is 8. The maximum atomic E-state index is 5.20. The number of nitrogens with one attached hydrogen (secondary N) is 2. The molecule has 1 saturated carbocycles. The first kappa shape index (κ1) is 20.1. The Morgan fingerprint density at radius 1 is 1.22 bits per heavy atom. The summed E-state index contributed by atoms with van der Waals surface area (Å²) in [6.07, 6.45) is 5.17. The number of nitrogens with zero attached hydrogens (tertiary/aromatic N) is 1. The molecule has 130 valence electrons. The van der Waals surface area contributed by atoms with Crippen LogP contribution in [0.2, 0.25) is 0 Å². The summed E-state index contributed by atoms with van der Waals surface area (Å²) in [5.41, 5.74) is 1.35. The predicted octanol–water partition coefficient (Wildman–Crippen LogP) is 3.77. The highest BCUT2D eigenvalue weighted by Crippen LogP contribution is 2.31. The molecule has 4 nitrogen and oxygen atoms in total. The average Bonchev–Trinajstić information content (AvgIpc) is 3.37. The summed E-state index contributed by atoms with van der Waals surface area (Å²) in [6, 6.07) is 8.34. The van der Waals surface area contributed by atoms with Crippen LogP contribution in [0.15, 0.2) is 29.3 Å². The average molecular weight is 431 g/mol. The maximum absolute atomic E-state index is 5.20. The Morgan fingerprint density at radius 3 is 2.43 bits per heavy atom. The topological polar surface area (TPSA) is 45.7 Å². The molecule has 0 heterocycles. The molecule has 0 bridgehead atoms. The third-order valence-corrected chi connectivity index (χ3v) is 4.32. The van der Waals surface area contributed by atoms with Gasteiger partial charge in [0.25, 0.3) is 0 Å². The van der Waals surface area contributed by atoms with Gasteiger partial charge in [-0.2, -0.15) is 0 Å². The largest absolute Gasteiger partial charge is 0.497 e. The number of halogens is 1. The molecule has 0 saturated heterocycles. The van der Waals surface area contributed by atoms with Crippen molar-refractivity contribution in [2.75, 3.05) is 27.2 Å². The van der Waals surface area contributed by atoms with Crippen LogP contribution in [0.3, 0.4) is 0 Å². The molecule has 1 aromatic carbocycles. The van der Waals surface area contributed by atoms with Gasteiger partial charge in [0.1, 0.15) is 5.75 Å². The Hall–Kier alpha value is -0.980. The van der Waals surface area contributed by atoms with Crippen molar-refractivity contribution in [1.82, 2.24) is 10.6 Å². The number of hydrogen-bond donors (Lipinski definition) is 2. The van der Waals surface area contributed by atoms with Gasteiger partial charge in [-0.25, -0.2) is 0 Å². The van der Waals surface area contributed by atoms with E-state index in [0.29, 0.717) is 5.92 Å². The van der Waals surface area contributed by atoms with Gasteiger partial charge in [0.15, 0.2) is 5.96 Å². The summed E-state index contributed by atoms with van der Waals surface area (Å²) in [7, 11) is 3.53. The fourth-order valence-electron chi connectivity index (χ4n) is 2.53. The highest BCUT2D eigenvalue weighted by molar-refractivity contribution is 14.0. The van der Waals surface area contributed by atoms with Crippen LogP contribution < -0.4 is 15.4 Å². The van der Waals surface area contributed by atoms with E-state index < -0.39 is 0 Å².